The SMILES string of the molecule is O=C(CCO)OCC=C1OC2CC(=O)N2C1C(=O)O. The second kappa shape index (κ2) is 5.27. The number of aliphatic carboxylic acids is 1. The summed E-state index contributed by atoms with van der Waals surface area (Å²) in [5.41, 5.74) is 0. The number of hydrogen-bond acceptors (Lipinski definition) is 6. The van der Waals surface area contributed by atoms with E-state index < -0.39 is 24.2 Å². The van der Waals surface area contributed by atoms with E-state index in [2.05, 4.69) is 0 Å². The van der Waals surface area contributed by atoms with Crippen LogP contribution in [0.4, 0.5) is 0 Å². The smallest absolute Gasteiger partial charge is 0.334 e. The molecule has 8 nitrogen and oxygen atoms in total. The Morgan fingerprint density at radius 1 is 1.53 bits per heavy atom. The number of aliphatic hydroxyl groups excluding tert-OH is 1. The fourth-order valence-corrected chi connectivity index (χ4v) is 1.95. The highest BCUT2D eigenvalue weighted by Gasteiger charge is 2.53. The normalized spacial score (nSPS) is 26.7. The maximum atomic E-state index is 11.3. The van der Waals surface area contributed by atoms with Gasteiger partial charge in [-0.1, -0.05) is 0 Å². The summed E-state index contributed by atoms with van der Waals surface area (Å²) in [6, 6.07) is -1.15. The first-order valence-electron chi connectivity index (χ1n) is 5.71. The van der Waals surface area contributed by atoms with Crippen LogP contribution in [0, 0.1) is 0 Å². The number of esters is 1. The van der Waals surface area contributed by atoms with Crippen molar-refractivity contribution in [3.05, 3.63) is 11.8 Å². The molecule has 2 heterocycles. The van der Waals surface area contributed by atoms with Crippen LogP contribution in [0.1, 0.15) is 12.8 Å². The maximum Gasteiger partial charge on any atom is 0.334 e. The number of aliphatic hydroxyl groups is 1. The van der Waals surface area contributed by atoms with Crippen LogP contribution in [-0.2, 0) is 23.9 Å². The van der Waals surface area contributed by atoms with Crippen molar-refractivity contribution in [2.45, 2.75) is 25.1 Å². The van der Waals surface area contributed by atoms with Crippen LogP contribution < -0.4 is 0 Å². The average molecular weight is 271 g/mol. The zero-order chi connectivity index (χ0) is 14.0. The number of nitrogens with zero attached hydrogens (tertiary/aromatic N) is 1. The molecule has 0 aliphatic carbocycles. The molecule has 2 unspecified atom stereocenters. The van der Waals surface area contributed by atoms with Crippen LogP contribution in [-0.4, -0.2) is 58.4 Å². The number of rotatable bonds is 5. The molecule has 2 saturated heterocycles. The summed E-state index contributed by atoms with van der Waals surface area (Å²) in [5.74, 6) is -1.97. The van der Waals surface area contributed by atoms with Crippen molar-refractivity contribution in [3.63, 3.8) is 0 Å². The molecule has 2 aliphatic rings. The largest absolute Gasteiger partial charge is 0.479 e. The van der Waals surface area contributed by atoms with Crippen molar-refractivity contribution in [1.29, 1.82) is 0 Å². The molecule has 1 amide bonds. The Hall–Kier alpha value is -2.09. The van der Waals surface area contributed by atoms with E-state index in [1.807, 2.05) is 0 Å². The first kappa shape index (κ1) is 13.3. The van der Waals surface area contributed by atoms with Gasteiger partial charge in [-0.25, -0.2) is 4.79 Å². The summed E-state index contributed by atoms with van der Waals surface area (Å²) >= 11 is 0. The predicted molar refractivity (Wildman–Crippen MR) is 58.5 cm³/mol. The molecule has 2 fully saturated rings. The number of carbonyl (C=O) groups excluding carboxylic acids is 2. The third kappa shape index (κ3) is 2.53. The third-order valence-corrected chi connectivity index (χ3v) is 2.85. The van der Waals surface area contributed by atoms with Crippen molar-refractivity contribution >= 4 is 17.8 Å². The summed E-state index contributed by atoms with van der Waals surface area (Å²) in [6.07, 6.45) is 0.818. The molecule has 2 aliphatic heterocycles. The number of carboxylic acid groups (broad SMARTS) is 1. The molecule has 104 valence electrons. The van der Waals surface area contributed by atoms with E-state index in [1.54, 1.807) is 0 Å². The summed E-state index contributed by atoms with van der Waals surface area (Å²) in [4.78, 5) is 34.5. The van der Waals surface area contributed by atoms with E-state index in [4.69, 9.17) is 19.7 Å². The van der Waals surface area contributed by atoms with Crippen LogP contribution >= 0.6 is 0 Å². The predicted octanol–water partition coefficient (Wildman–Crippen LogP) is -1.16. The first-order valence-corrected chi connectivity index (χ1v) is 5.71. The molecule has 0 spiro atoms. The Morgan fingerprint density at radius 3 is 2.84 bits per heavy atom. The molecule has 2 N–H and O–H groups in total. The van der Waals surface area contributed by atoms with Gasteiger partial charge >= 0.3 is 11.9 Å². The van der Waals surface area contributed by atoms with E-state index >= 15 is 0 Å². The minimum Gasteiger partial charge on any atom is -0.479 e. The second-order valence-corrected chi connectivity index (χ2v) is 4.08. The van der Waals surface area contributed by atoms with Crippen LogP contribution in [0.25, 0.3) is 0 Å². The molecule has 0 aromatic rings. The molecule has 0 saturated carbocycles. The van der Waals surface area contributed by atoms with Crippen molar-refractivity contribution in [3.8, 4) is 0 Å². The summed E-state index contributed by atoms with van der Waals surface area (Å²) in [5, 5.41) is 17.6. The van der Waals surface area contributed by atoms with Gasteiger partial charge in [-0.05, 0) is 6.08 Å². The standard InChI is InChI=1S/C11H13NO7/c13-3-1-9(15)18-4-2-6-10(11(16)17)12-7(14)5-8(12)19-6/h2,8,10,13H,1,3-5H2,(H,16,17). The van der Waals surface area contributed by atoms with Gasteiger partial charge in [0.15, 0.2) is 12.3 Å². The number of hydrogen-bond donors (Lipinski definition) is 2. The minimum atomic E-state index is -1.19. The molecule has 0 bridgehead atoms. The highest BCUT2D eigenvalue weighted by atomic mass is 16.5. The lowest BCUT2D eigenvalue weighted by molar-refractivity contribution is -0.163. The van der Waals surface area contributed by atoms with Gasteiger partial charge < -0.3 is 19.7 Å². The lowest BCUT2D eigenvalue weighted by Gasteiger charge is -2.33. The molecule has 0 radical (unpaired) electrons. The fraction of sp³-hybridized carbons (Fsp3) is 0.545. The molecule has 2 rings (SSSR count). The molecular weight excluding hydrogens is 258 g/mol. The lowest BCUT2D eigenvalue weighted by atomic mass is 10.1. The minimum absolute atomic E-state index is 0.0974. The zero-order valence-electron chi connectivity index (χ0n) is 9.94. The molecule has 2 atom stereocenters. The highest BCUT2D eigenvalue weighted by Crippen LogP contribution is 2.36. The van der Waals surface area contributed by atoms with Gasteiger partial charge in [0.25, 0.3) is 0 Å². The van der Waals surface area contributed by atoms with Crippen molar-refractivity contribution in [1.82, 2.24) is 4.90 Å². The Morgan fingerprint density at radius 2 is 2.26 bits per heavy atom. The van der Waals surface area contributed by atoms with Crippen LogP contribution in [0.15, 0.2) is 11.8 Å². The van der Waals surface area contributed by atoms with Gasteiger partial charge in [-0.3, -0.25) is 14.5 Å². The number of ether oxygens (including phenoxy) is 2. The van der Waals surface area contributed by atoms with Crippen molar-refractivity contribution in [2.75, 3.05) is 13.2 Å². The monoisotopic (exact) mass is 271 g/mol. The Labute approximate surface area is 108 Å². The van der Waals surface area contributed by atoms with Crippen LogP contribution in [0.5, 0.6) is 0 Å². The first-order chi connectivity index (χ1) is 9.04. The number of carbonyl (C=O) groups is 3. The summed E-state index contributed by atoms with van der Waals surface area (Å²) in [6.45, 7) is -0.472. The molecule has 19 heavy (non-hydrogen) atoms. The van der Waals surface area contributed by atoms with Gasteiger partial charge in [0.1, 0.15) is 12.4 Å². The van der Waals surface area contributed by atoms with Gasteiger partial charge in [-0.2, -0.15) is 0 Å². The highest BCUT2D eigenvalue weighted by molar-refractivity contribution is 5.91. The van der Waals surface area contributed by atoms with Gasteiger partial charge in [0.2, 0.25) is 5.91 Å². The quantitative estimate of drug-likeness (QED) is 0.478. The lowest BCUT2D eigenvalue weighted by Crippen LogP contribution is -2.54. The number of fused-ring (bicyclic) bond motifs is 1. The van der Waals surface area contributed by atoms with Crippen molar-refractivity contribution in [2.24, 2.45) is 0 Å². The average Bonchev–Trinajstić information content (AvgIpc) is 2.62. The topological polar surface area (TPSA) is 113 Å². The second-order valence-electron chi connectivity index (χ2n) is 4.08. The number of amides is 1. The van der Waals surface area contributed by atoms with E-state index in [-0.39, 0.29) is 37.7 Å². The van der Waals surface area contributed by atoms with Gasteiger partial charge in [0, 0.05) is 0 Å². The number of carboxylic acids is 1. The van der Waals surface area contributed by atoms with Gasteiger partial charge in [-0.15, -0.1) is 0 Å². The van der Waals surface area contributed by atoms with E-state index in [0.29, 0.717) is 0 Å². The van der Waals surface area contributed by atoms with E-state index in [1.165, 1.54) is 6.08 Å². The Kier molecular flexibility index (Phi) is 3.70. The Balaban J connectivity index is 1.97. The molecule has 0 aromatic heterocycles. The fourth-order valence-electron chi connectivity index (χ4n) is 1.95. The molecule has 8 heteroatoms. The number of β-lactam (4-membered cyclic amide) rings is 1. The van der Waals surface area contributed by atoms with Crippen LogP contribution in [0.2, 0.25) is 0 Å². The Bertz CT molecular complexity index is 444. The maximum absolute atomic E-state index is 11.3. The van der Waals surface area contributed by atoms with Crippen LogP contribution in [0.3, 0.4) is 0 Å². The van der Waals surface area contributed by atoms with Crippen molar-refractivity contribution < 1.29 is 34.1 Å². The summed E-state index contributed by atoms with van der Waals surface area (Å²) in [7, 11) is 0. The third-order valence-electron chi connectivity index (χ3n) is 2.85. The van der Waals surface area contributed by atoms with E-state index in [9.17, 15) is 14.4 Å². The molecule has 0 aromatic carbocycles. The zero-order valence-corrected chi connectivity index (χ0v) is 9.94. The summed E-state index contributed by atoms with van der Waals surface area (Å²) < 4.78 is 10.0. The van der Waals surface area contributed by atoms with Gasteiger partial charge in [0.05, 0.1) is 19.4 Å². The van der Waals surface area contributed by atoms with E-state index in [0.717, 1.165) is 4.90 Å². The molecular formula is C11H13NO7.